The Morgan fingerprint density at radius 1 is 0.708 bits per heavy atom. The van der Waals surface area contributed by atoms with Crippen LogP contribution < -0.4 is 4.90 Å². The molecule has 0 atom stereocenters. The summed E-state index contributed by atoms with van der Waals surface area (Å²) in [5.74, 6) is -0.279. The molecule has 0 radical (unpaired) electrons. The van der Waals surface area contributed by atoms with Gasteiger partial charge in [-0.15, -0.1) is 0 Å². The lowest BCUT2D eigenvalue weighted by Crippen LogP contribution is -2.23. The minimum Gasteiger partial charge on any atom is -0.392 e. The summed E-state index contributed by atoms with van der Waals surface area (Å²) in [6.07, 6.45) is 0. The van der Waals surface area contributed by atoms with E-state index < -0.39 is 0 Å². The van der Waals surface area contributed by atoms with Gasteiger partial charge in [-0.2, -0.15) is 0 Å². The van der Waals surface area contributed by atoms with Crippen molar-refractivity contribution in [2.75, 3.05) is 4.90 Å². The molecular formula is C21H20FNO. The van der Waals surface area contributed by atoms with Gasteiger partial charge >= 0.3 is 0 Å². The second kappa shape index (κ2) is 7.75. The van der Waals surface area contributed by atoms with E-state index in [1.807, 2.05) is 65.6 Å². The molecule has 0 bridgehead atoms. The molecule has 2 nitrogen and oxygen atoms in total. The molecule has 0 unspecified atom stereocenters. The van der Waals surface area contributed by atoms with Gasteiger partial charge in [0.15, 0.2) is 0 Å². The molecule has 0 amide bonds. The van der Waals surface area contributed by atoms with E-state index >= 15 is 0 Å². The number of anilines is 1. The van der Waals surface area contributed by atoms with Crippen LogP contribution in [0, 0.1) is 5.82 Å². The highest BCUT2D eigenvalue weighted by Gasteiger charge is 2.14. The summed E-state index contributed by atoms with van der Waals surface area (Å²) in [6, 6.07) is 24.8. The topological polar surface area (TPSA) is 23.5 Å². The van der Waals surface area contributed by atoms with Crippen LogP contribution in [0.2, 0.25) is 0 Å². The fraction of sp³-hybridized carbons (Fsp3) is 0.143. The number of halogens is 1. The van der Waals surface area contributed by atoms with E-state index in [9.17, 15) is 9.50 Å². The van der Waals surface area contributed by atoms with Gasteiger partial charge in [0.25, 0.3) is 0 Å². The van der Waals surface area contributed by atoms with Gasteiger partial charge in [0.2, 0.25) is 0 Å². The van der Waals surface area contributed by atoms with Gasteiger partial charge < -0.3 is 10.0 Å². The highest BCUT2D eigenvalue weighted by Crippen LogP contribution is 2.25. The number of hydrogen-bond donors (Lipinski definition) is 1. The largest absolute Gasteiger partial charge is 0.392 e. The fourth-order valence-electron chi connectivity index (χ4n) is 2.73. The molecule has 0 aliphatic rings. The molecule has 0 aliphatic heterocycles. The van der Waals surface area contributed by atoms with E-state index in [-0.39, 0.29) is 12.4 Å². The van der Waals surface area contributed by atoms with E-state index in [0.717, 1.165) is 11.1 Å². The Labute approximate surface area is 141 Å². The number of hydrogen-bond acceptors (Lipinski definition) is 2. The summed E-state index contributed by atoms with van der Waals surface area (Å²) in [4.78, 5) is 2.00. The summed E-state index contributed by atoms with van der Waals surface area (Å²) in [5.41, 5.74) is 3.44. The van der Waals surface area contributed by atoms with Gasteiger partial charge in [-0.05, 0) is 28.8 Å². The van der Waals surface area contributed by atoms with Crippen molar-refractivity contribution in [3.05, 3.63) is 101 Å². The Morgan fingerprint density at radius 3 is 1.75 bits per heavy atom. The van der Waals surface area contributed by atoms with Crippen LogP contribution in [0.4, 0.5) is 10.1 Å². The second-order valence-corrected chi connectivity index (χ2v) is 5.77. The van der Waals surface area contributed by atoms with Crippen molar-refractivity contribution >= 4 is 5.69 Å². The van der Waals surface area contributed by atoms with Crippen LogP contribution in [0.5, 0.6) is 0 Å². The Kier molecular flexibility index (Phi) is 5.24. The van der Waals surface area contributed by atoms with Crippen LogP contribution in [-0.2, 0) is 19.7 Å². The van der Waals surface area contributed by atoms with Crippen molar-refractivity contribution in [3.8, 4) is 0 Å². The minimum absolute atomic E-state index is 0.0994. The van der Waals surface area contributed by atoms with E-state index in [2.05, 4.69) is 0 Å². The standard InChI is InChI=1S/C21H20FNO/c22-20-12-11-19(16-24)13-21(20)23(14-17-7-3-1-4-8-17)15-18-9-5-2-6-10-18/h1-13,24H,14-16H2. The van der Waals surface area contributed by atoms with Gasteiger partial charge in [0.05, 0.1) is 12.3 Å². The Balaban J connectivity index is 1.95. The van der Waals surface area contributed by atoms with Crippen LogP contribution in [0.3, 0.4) is 0 Å². The monoisotopic (exact) mass is 321 g/mol. The van der Waals surface area contributed by atoms with Gasteiger partial charge in [-0.3, -0.25) is 0 Å². The average molecular weight is 321 g/mol. The van der Waals surface area contributed by atoms with Crippen LogP contribution in [-0.4, -0.2) is 5.11 Å². The molecule has 24 heavy (non-hydrogen) atoms. The van der Waals surface area contributed by atoms with E-state index in [1.165, 1.54) is 6.07 Å². The zero-order valence-corrected chi connectivity index (χ0v) is 13.4. The predicted molar refractivity (Wildman–Crippen MR) is 95.1 cm³/mol. The quantitative estimate of drug-likeness (QED) is 0.721. The number of aliphatic hydroxyl groups is 1. The van der Waals surface area contributed by atoms with E-state index in [0.29, 0.717) is 24.3 Å². The molecule has 3 aromatic carbocycles. The molecule has 0 saturated heterocycles. The summed E-state index contributed by atoms with van der Waals surface area (Å²) in [6.45, 7) is 1.10. The van der Waals surface area contributed by atoms with E-state index in [1.54, 1.807) is 12.1 Å². The molecule has 0 saturated carbocycles. The predicted octanol–water partition coefficient (Wildman–Crippen LogP) is 4.52. The SMILES string of the molecule is OCc1ccc(F)c(N(Cc2ccccc2)Cc2ccccc2)c1. The molecule has 0 heterocycles. The molecule has 3 aromatic rings. The van der Waals surface area contributed by atoms with Gasteiger partial charge in [0, 0.05) is 13.1 Å². The maximum Gasteiger partial charge on any atom is 0.146 e. The molecule has 0 aromatic heterocycles. The highest BCUT2D eigenvalue weighted by atomic mass is 19.1. The van der Waals surface area contributed by atoms with Gasteiger partial charge in [-0.1, -0.05) is 66.7 Å². The lowest BCUT2D eigenvalue weighted by atomic mass is 10.1. The molecule has 122 valence electrons. The van der Waals surface area contributed by atoms with Crippen molar-refractivity contribution < 1.29 is 9.50 Å². The molecule has 3 heteroatoms. The molecule has 0 spiro atoms. The highest BCUT2D eigenvalue weighted by molar-refractivity contribution is 5.51. The van der Waals surface area contributed by atoms with Crippen LogP contribution in [0.1, 0.15) is 16.7 Å². The Morgan fingerprint density at radius 2 is 1.25 bits per heavy atom. The Hall–Kier alpha value is -2.65. The lowest BCUT2D eigenvalue weighted by Gasteiger charge is -2.26. The average Bonchev–Trinajstić information content (AvgIpc) is 2.63. The van der Waals surface area contributed by atoms with Crippen LogP contribution in [0.25, 0.3) is 0 Å². The molecule has 3 rings (SSSR count). The lowest BCUT2D eigenvalue weighted by molar-refractivity contribution is 0.281. The number of aliphatic hydroxyl groups excluding tert-OH is 1. The van der Waals surface area contributed by atoms with Crippen molar-refractivity contribution in [1.29, 1.82) is 0 Å². The summed E-state index contributed by atoms with van der Waals surface area (Å²) >= 11 is 0. The van der Waals surface area contributed by atoms with Crippen LogP contribution >= 0.6 is 0 Å². The zero-order chi connectivity index (χ0) is 16.8. The first-order valence-corrected chi connectivity index (χ1v) is 7.98. The minimum atomic E-state index is -0.279. The van der Waals surface area contributed by atoms with Crippen LogP contribution in [0.15, 0.2) is 78.9 Å². The maximum absolute atomic E-state index is 14.4. The third kappa shape index (κ3) is 4.00. The third-order valence-electron chi connectivity index (χ3n) is 3.97. The second-order valence-electron chi connectivity index (χ2n) is 5.77. The summed E-state index contributed by atoms with van der Waals surface area (Å²) < 4.78 is 14.4. The Bertz CT molecular complexity index is 733. The molecule has 1 N–H and O–H groups in total. The molecule has 0 aliphatic carbocycles. The van der Waals surface area contributed by atoms with Gasteiger partial charge in [-0.25, -0.2) is 4.39 Å². The molecule has 0 fully saturated rings. The summed E-state index contributed by atoms with van der Waals surface area (Å²) in [7, 11) is 0. The maximum atomic E-state index is 14.4. The van der Waals surface area contributed by atoms with Crippen molar-refractivity contribution in [2.45, 2.75) is 19.7 Å². The smallest absolute Gasteiger partial charge is 0.146 e. The number of nitrogens with zero attached hydrogens (tertiary/aromatic N) is 1. The first-order chi connectivity index (χ1) is 11.8. The number of rotatable bonds is 6. The third-order valence-corrected chi connectivity index (χ3v) is 3.97. The van der Waals surface area contributed by atoms with Crippen molar-refractivity contribution in [1.82, 2.24) is 0 Å². The first kappa shape index (κ1) is 16.2. The fourth-order valence-corrected chi connectivity index (χ4v) is 2.73. The van der Waals surface area contributed by atoms with E-state index in [4.69, 9.17) is 0 Å². The first-order valence-electron chi connectivity index (χ1n) is 7.98. The van der Waals surface area contributed by atoms with Crippen molar-refractivity contribution in [2.24, 2.45) is 0 Å². The summed E-state index contributed by atoms with van der Waals surface area (Å²) in [5, 5.41) is 9.37. The van der Waals surface area contributed by atoms with Gasteiger partial charge in [0.1, 0.15) is 5.82 Å². The van der Waals surface area contributed by atoms with Crippen molar-refractivity contribution in [3.63, 3.8) is 0 Å². The zero-order valence-electron chi connectivity index (χ0n) is 13.4. The normalized spacial score (nSPS) is 10.6. The number of benzene rings is 3. The molecular weight excluding hydrogens is 301 g/mol.